The number of ether oxygens (including phenoxy) is 1. The van der Waals surface area contributed by atoms with E-state index in [1.165, 1.54) is 23.5 Å². The highest BCUT2D eigenvalue weighted by atomic mass is 32.1. The van der Waals surface area contributed by atoms with Gasteiger partial charge in [-0.05, 0) is 30.3 Å². The Morgan fingerprint density at radius 2 is 2.03 bits per heavy atom. The molecule has 0 radical (unpaired) electrons. The zero-order valence-electron chi connectivity index (χ0n) is 15.7. The number of nitro groups is 1. The Morgan fingerprint density at radius 3 is 2.73 bits per heavy atom. The number of non-ortho nitro benzene ring substituents is 1. The molecule has 0 N–H and O–H groups in total. The van der Waals surface area contributed by atoms with Crippen LogP contribution in [0.25, 0.3) is 10.2 Å². The van der Waals surface area contributed by atoms with Gasteiger partial charge in [0.2, 0.25) is 5.13 Å². The second-order valence-electron chi connectivity index (χ2n) is 5.98. The van der Waals surface area contributed by atoms with Crippen molar-refractivity contribution in [1.82, 2.24) is 4.98 Å². The number of aromatic nitrogens is 1. The number of carbonyl (C=O) groups is 1. The summed E-state index contributed by atoms with van der Waals surface area (Å²) in [7, 11) is 0. The maximum atomic E-state index is 10.9. The number of thiazole rings is 1. The van der Waals surface area contributed by atoms with Gasteiger partial charge < -0.3 is 9.64 Å². The van der Waals surface area contributed by atoms with Crippen LogP contribution < -0.4 is 4.90 Å². The van der Waals surface area contributed by atoms with Gasteiger partial charge in [-0.25, -0.2) is 4.98 Å². The molecule has 3 aromatic rings. The van der Waals surface area contributed by atoms with Crippen molar-refractivity contribution in [2.45, 2.75) is 6.42 Å². The van der Waals surface area contributed by atoms with Gasteiger partial charge in [0.25, 0.3) is 12.2 Å². The molecule has 0 amide bonds. The van der Waals surface area contributed by atoms with Crippen LogP contribution in [0.15, 0.2) is 52.7 Å². The monoisotopic (exact) mass is 424 g/mol. The predicted octanol–water partition coefficient (Wildman–Crippen LogP) is 4.51. The molecule has 0 atom stereocenters. The summed E-state index contributed by atoms with van der Waals surface area (Å²) in [5.74, 6) is 0. The van der Waals surface area contributed by atoms with Crippen molar-refractivity contribution >= 4 is 50.2 Å². The first-order chi connectivity index (χ1) is 14.6. The van der Waals surface area contributed by atoms with E-state index in [0.29, 0.717) is 47.0 Å². The van der Waals surface area contributed by atoms with Gasteiger partial charge in [0.1, 0.15) is 6.61 Å². The number of nitriles is 1. The highest BCUT2D eigenvalue weighted by molar-refractivity contribution is 7.21. The molecule has 30 heavy (non-hydrogen) atoms. The van der Waals surface area contributed by atoms with Crippen molar-refractivity contribution in [3.8, 4) is 6.07 Å². The van der Waals surface area contributed by atoms with Crippen molar-refractivity contribution in [3.05, 3.63) is 52.6 Å². The van der Waals surface area contributed by atoms with Gasteiger partial charge in [0.15, 0.2) is 0 Å². The topological polar surface area (TPSA) is 134 Å². The number of rotatable bonds is 10. The Labute approximate surface area is 175 Å². The van der Waals surface area contributed by atoms with Crippen LogP contribution in [-0.4, -0.2) is 36.1 Å². The number of fused-ring (bicyclic) bond motifs is 1. The molecule has 2 aromatic carbocycles. The number of hydrogen-bond acceptors (Lipinski definition) is 10. The Hall–Kier alpha value is -3.91. The minimum absolute atomic E-state index is 0.00437. The summed E-state index contributed by atoms with van der Waals surface area (Å²) >= 11 is 1.22. The molecule has 1 heterocycles. The van der Waals surface area contributed by atoms with E-state index in [9.17, 15) is 14.9 Å². The van der Waals surface area contributed by atoms with E-state index >= 15 is 0 Å². The lowest BCUT2D eigenvalue weighted by Gasteiger charge is -2.23. The molecule has 0 bridgehead atoms. The van der Waals surface area contributed by atoms with Crippen molar-refractivity contribution in [1.29, 1.82) is 5.26 Å². The third-order valence-corrected chi connectivity index (χ3v) is 4.98. The minimum Gasteiger partial charge on any atom is -0.466 e. The molecule has 0 aliphatic rings. The van der Waals surface area contributed by atoms with Crippen LogP contribution in [0.2, 0.25) is 0 Å². The molecule has 0 aliphatic carbocycles. The van der Waals surface area contributed by atoms with Crippen molar-refractivity contribution < 1.29 is 14.5 Å². The van der Waals surface area contributed by atoms with Gasteiger partial charge in [-0.2, -0.15) is 5.26 Å². The summed E-state index contributed by atoms with van der Waals surface area (Å²) in [6.45, 7) is 1.61. The zero-order valence-corrected chi connectivity index (χ0v) is 16.5. The zero-order chi connectivity index (χ0) is 21.3. The summed E-state index contributed by atoms with van der Waals surface area (Å²) in [4.78, 5) is 27.0. The number of hydrogen-bond donors (Lipinski definition) is 0. The van der Waals surface area contributed by atoms with Gasteiger partial charge in [-0.3, -0.25) is 14.9 Å². The lowest BCUT2D eigenvalue weighted by Crippen LogP contribution is -2.28. The molecule has 0 spiro atoms. The Balaban J connectivity index is 1.71. The third kappa shape index (κ3) is 5.33. The fourth-order valence-electron chi connectivity index (χ4n) is 2.65. The fourth-order valence-corrected chi connectivity index (χ4v) is 3.47. The SMILES string of the molecule is N#CCCN(CCOC=O)c1ccc(/N=N/c2nc3ccc([N+](=O)[O-])cc3s2)cc1. The van der Waals surface area contributed by atoms with Crippen LogP contribution in [0.1, 0.15) is 6.42 Å². The highest BCUT2D eigenvalue weighted by Gasteiger charge is 2.10. The van der Waals surface area contributed by atoms with Crippen LogP contribution in [0.3, 0.4) is 0 Å². The van der Waals surface area contributed by atoms with E-state index in [-0.39, 0.29) is 12.3 Å². The van der Waals surface area contributed by atoms with Crippen LogP contribution >= 0.6 is 11.3 Å². The van der Waals surface area contributed by atoms with E-state index < -0.39 is 4.92 Å². The quantitative estimate of drug-likeness (QED) is 0.154. The number of anilines is 1. The minimum atomic E-state index is -0.451. The summed E-state index contributed by atoms with van der Waals surface area (Å²) in [6.07, 6.45) is 0.346. The van der Waals surface area contributed by atoms with Crippen molar-refractivity contribution in [2.75, 3.05) is 24.6 Å². The van der Waals surface area contributed by atoms with Gasteiger partial charge in [0.05, 0.1) is 39.9 Å². The average molecular weight is 424 g/mol. The molecule has 0 saturated carbocycles. The molecule has 0 aliphatic heterocycles. The van der Waals surface area contributed by atoms with Gasteiger partial charge >= 0.3 is 0 Å². The van der Waals surface area contributed by atoms with Gasteiger partial charge in [-0.1, -0.05) is 11.3 Å². The maximum Gasteiger partial charge on any atom is 0.293 e. The number of nitro benzene ring substituents is 1. The molecule has 0 saturated heterocycles. The van der Waals surface area contributed by atoms with E-state index in [2.05, 4.69) is 21.3 Å². The first-order valence-electron chi connectivity index (χ1n) is 8.84. The van der Waals surface area contributed by atoms with E-state index in [0.717, 1.165) is 5.69 Å². The smallest absolute Gasteiger partial charge is 0.293 e. The van der Waals surface area contributed by atoms with Gasteiger partial charge in [0, 0.05) is 24.4 Å². The lowest BCUT2D eigenvalue weighted by molar-refractivity contribution is -0.384. The first kappa shape index (κ1) is 20.8. The number of benzene rings is 2. The summed E-state index contributed by atoms with van der Waals surface area (Å²) in [5, 5.41) is 28.4. The molecule has 1 aromatic heterocycles. The Kier molecular flexibility index (Phi) is 6.96. The summed E-state index contributed by atoms with van der Waals surface area (Å²) in [6, 6.07) is 13.8. The van der Waals surface area contributed by atoms with Crippen LogP contribution in [0, 0.1) is 21.4 Å². The van der Waals surface area contributed by atoms with Crippen LogP contribution in [0.5, 0.6) is 0 Å². The molecule has 0 unspecified atom stereocenters. The normalized spacial score (nSPS) is 10.8. The number of carbonyl (C=O) groups excluding carboxylic acids is 1. The fraction of sp³-hybridized carbons (Fsp3) is 0.211. The molecule has 3 rings (SSSR count). The molecule has 152 valence electrons. The standard InChI is InChI=1S/C19H16N6O4S/c20-8-1-9-24(10-11-29-13-26)15-4-2-14(3-5-15)22-23-19-21-17-7-6-16(25(27)28)12-18(17)30-19/h2-7,12-13H,1,9-11H2/b23-22+. The van der Waals surface area contributed by atoms with Crippen LogP contribution in [0.4, 0.5) is 22.2 Å². The molecule has 0 fully saturated rings. The molecular formula is C19H16N6O4S. The Bertz CT molecular complexity index is 1110. The second kappa shape index (κ2) is 10.0. The largest absolute Gasteiger partial charge is 0.466 e. The summed E-state index contributed by atoms with van der Waals surface area (Å²) < 4.78 is 5.41. The maximum absolute atomic E-state index is 10.9. The third-order valence-electron chi connectivity index (χ3n) is 4.08. The molecular weight excluding hydrogens is 408 g/mol. The predicted molar refractivity (Wildman–Crippen MR) is 111 cm³/mol. The first-order valence-corrected chi connectivity index (χ1v) is 9.66. The van der Waals surface area contributed by atoms with Crippen molar-refractivity contribution in [2.24, 2.45) is 10.2 Å². The molecule has 11 heteroatoms. The highest BCUT2D eigenvalue weighted by Crippen LogP contribution is 2.32. The average Bonchev–Trinajstić information content (AvgIpc) is 3.17. The van der Waals surface area contributed by atoms with E-state index in [1.807, 2.05) is 17.0 Å². The lowest BCUT2D eigenvalue weighted by atomic mass is 10.2. The number of nitrogens with zero attached hydrogens (tertiary/aromatic N) is 6. The summed E-state index contributed by atoms with van der Waals surface area (Å²) in [5.41, 5.74) is 2.10. The van der Waals surface area contributed by atoms with Crippen molar-refractivity contribution in [3.63, 3.8) is 0 Å². The van der Waals surface area contributed by atoms with Gasteiger partial charge in [-0.15, -0.1) is 10.2 Å². The van der Waals surface area contributed by atoms with E-state index in [4.69, 9.17) is 10.00 Å². The second-order valence-corrected chi connectivity index (χ2v) is 6.99. The number of azo groups is 1. The Morgan fingerprint density at radius 1 is 1.23 bits per heavy atom. The van der Waals surface area contributed by atoms with E-state index in [1.54, 1.807) is 18.2 Å². The van der Waals surface area contributed by atoms with Crippen LogP contribution in [-0.2, 0) is 9.53 Å². The molecule has 10 nitrogen and oxygen atoms in total.